The number of imide groups is 1. The number of piperidine rings is 1. The number of amides is 3. The Balaban J connectivity index is 1.93. The third-order valence-corrected chi connectivity index (χ3v) is 4.13. The highest BCUT2D eigenvalue weighted by Crippen LogP contribution is 2.29. The van der Waals surface area contributed by atoms with E-state index in [1.54, 1.807) is 0 Å². The molecule has 0 radical (unpaired) electrons. The van der Waals surface area contributed by atoms with Gasteiger partial charge in [-0.3, -0.25) is 9.69 Å². The van der Waals surface area contributed by atoms with Crippen LogP contribution in [0.25, 0.3) is 0 Å². The van der Waals surface area contributed by atoms with Gasteiger partial charge in [-0.1, -0.05) is 0 Å². The number of hydrogen-bond donors (Lipinski definition) is 3. The fourth-order valence-electron chi connectivity index (χ4n) is 2.90. The molecule has 20 heavy (non-hydrogen) atoms. The van der Waals surface area contributed by atoms with Crippen molar-refractivity contribution >= 4 is 11.9 Å². The number of nitrogens with zero attached hydrogens (tertiary/aromatic N) is 2. The summed E-state index contributed by atoms with van der Waals surface area (Å²) in [6.45, 7) is 2.74. The van der Waals surface area contributed by atoms with Gasteiger partial charge in [-0.15, -0.1) is 0 Å². The molecule has 2 saturated heterocycles. The minimum atomic E-state index is -0.748. The van der Waals surface area contributed by atoms with E-state index in [0.29, 0.717) is 19.3 Å². The Morgan fingerprint density at radius 2 is 1.65 bits per heavy atom. The minimum absolute atomic E-state index is 0.0288. The molecule has 0 aliphatic carbocycles. The van der Waals surface area contributed by atoms with Gasteiger partial charge in [-0.2, -0.15) is 0 Å². The summed E-state index contributed by atoms with van der Waals surface area (Å²) < 4.78 is 0. The third-order valence-electron chi connectivity index (χ3n) is 4.13. The summed E-state index contributed by atoms with van der Waals surface area (Å²) >= 11 is 0. The van der Waals surface area contributed by atoms with Crippen LogP contribution >= 0.6 is 0 Å². The molecule has 0 saturated carbocycles. The average Bonchev–Trinajstić information content (AvgIpc) is 2.68. The molecule has 7 nitrogen and oxygen atoms in total. The first-order valence-corrected chi connectivity index (χ1v) is 7.21. The second-order valence-corrected chi connectivity index (χ2v) is 5.47. The maximum Gasteiger partial charge on any atom is 0.325 e. The fraction of sp³-hybridized carbons (Fsp3) is 0.846. The van der Waals surface area contributed by atoms with Crippen molar-refractivity contribution in [1.29, 1.82) is 0 Å². The van der Waals surface area contributed by atoms with E-state index < -0.39 is 5.54 Å². The summed E-state index contributed by atoms with van der Waals surface area (Å²) in [6, 6.07) is -0.341. The molecule has 0 aromatic carbocycles. The zero-order valence-electron chi connectivity index (χ0n) is 11.7. The van der Waals surface area contributed by atoms with Gasteiger partial charge in [-0.25, -0.2) is 4.79 Å². The number of aliphatic hydroxyl groups excluding tert-OH is 2. The van der Waals surface area contributed by atoms with Gasteiger partial charge in [0.15, 0.2) is 0 Å². The lowest BCUT2D eigenvalue weighted by molar-refractivity contribution is -0.133. The number of nitrogens with one attached hydrogen (secondary N) is 1. The van der Waals surface area contributed by atoms with Crippen LogP contribution in [-0.2, 0) is 4.79 Å². The minimum Gasteiger partial charge on any atom is -0.396 e. The predicted molar refractivity (Wildman–Crippen MR) is 72.1 cm³/mol. The molecule has 3 amide bonds. The Morgan fingerprint density at radius 1 is 1.05 bits per heavy atom. The van der Waals surface area contributed by atoms with E-state index in [-0.39, 0.29) is 31.7 Å². The molecule has 0 aromatic rings. The van der Waals surface area contributed by atoms with Crippen LogP contribution < -0.4 is 5.32 Å². The molecule has 0 aromatic heterocycles. The molecule has 2 fully saturated rings. The summed E-state index contributed by atoms with van der Waals surface area (Å²) in [7, 11) is 0. The van der Waals surface area contributed by atoms with Crippen molar-refractivity contribution in [3.05, 3.63) is 0 Å². The summed E-state index contributed by atoms with van der Waals surface area (Å²) in [5, 5.41) is 20.5. The standard InChI is InChI=1S/C13H23N3O4/c17-9-1-5-15-7-3-13(4-8-15)11(19)16(6-2-10-18)12(20)14-13/h17-18H,1-10H2,(H,14,20). The number of aliphatic hydroxyl groups is 2. The van der Waals surface area contributed by atoms with Crippen molar-refractivity contribution in [2.24, 2.45) is 0 Å². The van der Waals surface area contributed by atoms with Gasteiger partial charge < -0.3 is 20.4 Å². The van der Waals surface area contributed by atoms with Crippen molar-refractivity contribution in [2.75, 3.05) is 39.4 Å². The number of urea groups is 1. The number of carbonyl (C=O) groups is 2. The molecule has 2 heterocycles. The topological polar surface area (TPSA) is 93.1 Å². The second kappa shape index (κ2) is 6.51. The van der Waals surface area contributed by atoms with Crippen LogP contribution in [0.15, 0.2) is 0 Å². The molecule has 2 aliphatic heterocycles. The summed E-state index contributed by atoms with van der Waals surface area (Å²) in [6.07, 6.45) is 2.37. The number of hydrogen-bond acceptors (Lipinski definition) is 5. The van der Waals surface area contributed by atoms with Gasteiger partial charge in [0.2, 0.25) is 0 Å². The molecular weight excluding hydrogens is 262 g/mol. The van der Waals surface area contributed by atoms with Crippen LogP contribution in [-0.4, -0.2) is 76.9 Å². The van der Waals surface area contributed by atoms with Gasteiger partial charge in [0.05, 0.1) is 0 Å². The van der Waals surface area contributed by atoms with Crippen molar-refractivity contribution in [3.8, 4) is 0 Å². The SMILES string of the molecule is O=C1NC2(CCN(CCCO)CC2)C(=O)N1CCCO. The van der Waals surface area contributed by atoms with Crippen LogP contribution in [0.3, 0.4) is 0 Å². The van der Waals surface area contributed by atoms with E-state index in [1.807, 2.05) is 0 Å². The van der Waals surface area contributed by atoms with Crippen LogP contribution in [0.1, 0.15) is 25.7 Å². The molecular formula is C13H23N3O4. The quantitative estimate of drug-likeness (QED) is 0.552. The van der Waals surface area contributed by atoms with Crippen LogP contribution in [0.4, 0.5) is 4.79 Å². The van der Waals surface area contributed by atoms with Crippen LogP contribution in [0, 0.1) is 0 Å². The summed E-state index contributed by atoms with van der Waals surface area (Å²) in [5.74, 6) is -0.155. The van der Waals surface area contributed by atoms with E-state index in [9.17, 15) is 9.59 Å². The molecule has 2 aliphatic rings. The monoisotopic (exact) mass is 285 g/mol. The van der Waals surface area contributed by atoms with Gasteiger partial charge in [-0.05, 0) is 25.7 Å². The van der Waals surface area contributed by atoms with E-state index >= 15 is 0 Å². The molecule has 3 N–H and O–H groups in total. The molecule has 0 atom stereocenters. The van der Waals surface area contributed by atoms with Crippen LogP contribution in [0.2, 0.25) is 0 Å². The Bertz CT molecular complexity index is 367. The number of likely N-dealkylation sites (tertiary alicyclic amines) is 1. The lowest BCUT2D eigenvalue weighted by Gasteiger charge is -2.37. The lowest BCUT2D eigenvalue weighted by atomic mass is 9.87. The van der Waals surface area contributed by atoms with Gasteiger partial charge in [0.1, 0.15) is 5.54 Å². The molecule has 2 rings (SSSR count). The number of carbonyl (C=O) groups excluding carboxylic acids is 2. The first-order valence-electron chi connectivity index (χ1n) is 7.21. The zero-order valence-corrected chi connectivity index (χ0v) is 11.7. The average molecular weight is 285 g/mol. The number of rotatable bonds is 6. The Labute approximate surface area is 118 Å². The molecule has 1 spiro atoms. The van der Waals surface area contributed by atoms with E-state index in [1.165, 1.54) is 4.90 Å². The molecule has 7 heteroatoms. The Kier molecular flexibility index (Phi) is 4.95. The third kappa shape index (κ3) is 2.94. The summed E-state index contributed by atoms with van der Waals surface area (Å²) in [4.78, 5) is 27.7. The highest BCUT2D eigenvalue weighted by atomic mass is 16.3. The van der Waals surface area contributed by atoms with Crippen molar-refractivity contribution in [2.45, 2.75) is 31.2 Å². The van der Waals surface area contributed by atoms with Gasteiger partial charge in [0.25, 0.3) is 5.91 Å². The maximum atomic E-state index is 12.4. The van der Waals surface area contributed by atoms with Crippen molar-refractivity contribution in [3.63, 3.8) is 0 Å². The van der Waals surface area contributed by atoms with Gasteiger partial charge >= 0.3 is 6.03 Å². The van der Waals surface area contributed by atoms with Crippen molar-refractivity contribution in [1.82, 2.24) is 15.1 Å². The van der Waals surface area contributed by atoms with Gasteiger partial charge in [0, 0.05) is 39.4 Å². The normalized spacial score (nSPS) is 22.6. The van der Waals surface area contributed by atoms with E-state index in [4.69, 9.17) is 10.2 Å². The second-order valence-electron chi connectivity index (χ2n) is 5.47. The van der Waals surface area contributed by atoms with Crippen molar-refractivity contribution < 1.29 is 19.8 Å². The maximum absolute atomic E-state index is 12.4. The zero-order chi connectivity index (χ0) is 14.6. The largest absolute Gasteiger partial charge is 0.396 e. The first kappa shape index (κ1) is 15.2. The van der Waals surface area contributed by atoms with E-state index in [0.717, 1.165) is 26.1 Å². The Hall–Kier alpha value is -1.18. The first-order chi connectivity index (χ1) is 9.63. The van der Waals surface area contributed by atoms with E-state index in [2.05, 4.69) is 10.2 Å². The Morgan fingerprint density at radius 3 is 2.25 bits per heavy atom. The molecule has 114 valence electrons. The lowest BCUT2D eigenvalue weighted by Crippen LogP contribution is -2.55. The van der Waals surface area contributed by atoms with Crippen LogP contribution in [0.5, 0.6) is 0 Å². The highest BCUT2D eigenvalue weighted by Gasteiger charge is 2.51. The smallest absolute Gasteiger partial charge is 0.325 e. The highest BCUT2D eigenvalue weighted by molar-refractivity contribution is 6.07. The fourth-order valence-corrected chi connectivity index (χ4v) is 2.90. The molecule has 0 unspecified atom stereocenters. The molecule has 0 bridgehead atoms. The predicted octanol–water partition coefficient (Wildman–Crippen LogP) is -0.862. The summed E-state index contributed by atoms with van der Waals surface area (Å²) in [5.41, 5.74) is -0.748.